The number of aryl methyl sites for hydroxylation is 2. The number of hydrogen-bond donors (Lipinski definition) is 0. The van der Waals surface area contributed by atoms with Crippen LogP contribution < -0.4 is 0 Å². The van der Waals surface area contributed by atoms with Gasteiger partial charge in [-0.2, -0.15) is 0 Å². The number of rotatable bonds is 3. The Morgan fingerprint density at radius 2 is 1.74 bits per heavy atom. The van der Waals surface area contributed by atoms with Crippen molar-refractivity contribution in [1.82, 2.24) is 9.80 Å². The van der Waals surface area contributed by atoms with Crippen LogP contribution in [0, 0.1) is 13.8 Å². The van der Waals surface area contributed by atoms with Crippen LogP contribution in [-0.2, 0) is 11.2 Å². The van der Waals surface area contributed by atoms with Crippen molar-refractivity contribution in [1.29, 1.82) is 0 Å². The fourth-order valence-corrected chi connectivity index (χ4v) is 3.41. The lowest BCUT2D eigenvalue weighted by molar-refractivity contribution is -0.128. The van der Waals surface area contributed by atoms with Crippen LogP contribution in [0.4, 0.5) is 0 Å². The molecule has 1 unspecified atom stereocenters. The Hall–Kier alpha value is -1.19. The maximum atomic E-state index is 12.5. The van der Waals surface area contributed by atoms with Crippen molar-refractivity contribution in [3.63, 3.8) is 0 Å². The highest BCUT2D eigenvalue weighted by Gasteiger charge is 2.35. The molecule has 19 heavy (non-hydrogen) atoms. The Labute approximate surface area is 115 Å². The molecule has 0 saturated carbocycles. The average Bonchev–Trinajstić information content (AvgIpc) is 2.38. The first kappa shape index (κ1) is 12.8. The number of ketones is 1. The van der Waals surface area contributed by atoms with Crippen LogP contribution in [0.3, 0.4) is 0 Å². The third kappa shape index (κ3) is 2.72. The summed E-state index contributed by atoms with van der Waals surface area (Å²) in [5.41, 5.74) is 3.66. The monoisotopic (exact) mass is 258 g/mol. The minimum atomic E-state index is 0.128. The van der Waals surface area contributed by atoms with Crippen LogP contribution in [0.1, 0.15) is 16.7 Å². The van der Waals surface area contributed by atoms with Crippen LogP contribution in [0.5, 0.6) is 0 Å². The first-order valence-electron chi connectivity index (χ1n) is 7.18. The minimum absolute atomic E-state index is 0.128. The largest absolute Gasteiger partial charge is 0.299 e. The van der Waals surface area contributed by atoms with E-state index in [1.807, 2.05) is 0 Å². The number of benzene rings is 1. The summed E-state index contributed by atoms with van der Waals surface area (Å²) in [6.07, 6.45) is 0.581. The van der Waals surface area contributed by atoms with E-state index in [0.717, 1.165) is 32.7 Å². The molecule has 1 aromatic carbocycles. The van der Waals surface area contributed by atoms with Crippen molar-refractivity contribution in [2.75, 3.05) is 32.7 Å². The number of piperazine rings is 3. The fraction of sp³-hybridized carbons (Fsp3) is 0.562. The van der Waals surface area contributed by atoms with Gasteiger partial charge < -0.3 is 0 Å². The Morgan fingerprint density at radius 3 is 2.26 bits per heavy atom. The zero-order valence-corrected chi connectivity index (χ0v) is 11.9. The van der Waals surface area contributed by atoms with Crippen molar-refractivity contribution in [3.8, 4) is 0 Å². The Bertz CT molecular complexity index is 469. The van der Waals surface area contributed by atoms with Crippen LogP contribution in [0.25, 0.3) is 0 Å². The van der Waals surface area contributed by atoms with Gasteiger partial charge in [0, 0.05) is 39.1 Å². The molecular weight excluding hydrogens is 236 g/mol. The van der Waals surface area contributed by atoms with E-state index in [4.69, 9.17) is 0 Å². The lowest BCUT2D eigenvalue weighted by Gasteiger charge is -2.46. The van der Waals surface area contributed by atoms with Crippen molar-refractivity contribution < 1.29 is 4.79 Å². The van der Waals surface area contributed by atoms with Crippen LogP contribution in [-0.4, -0.2) is 54.3 Å². The summed E-state index contributed by atoms with van der Waals surface area (Å²) in [6.45, 7) is 9.51. The van der Waals surface area contributed by atoms with Gasteiger partial charge in [0.1, 0.15) is 0 Å². The standard InChI is InChI=1S/C16H22N2O/c1-12-7-13(2)9-14(8-12)10-16(19)15-11-17-3-5-18(15)6-4-17/h7-9,15H,3-6,10-11H2,1-2H3. The van der Waals surface area contributed by atoms with Gasteiger partial charge >= 0.3 is 0 Å². The molecule has 0 radical (unpaired) electrons. The molecule has 0 aromatic heterocycles. The second-order valence-corrected chi connectivity index (χ2v) is 5.99. The summed E-state index contributed by atoms with van der Waals surface area (Å²) in [4.78, 5) is 17.3. The summed E-state index contributed by atoms with van der Waals surface area (Å²) in [5, 5.41) is 0. The highest BCUT2D eigenvalue weighted by Crippen LogP contribution is 2.18. The van der Waals surface area contributed by atoms with E-state index >= 15 is 0 Å². The van der Waals surface area contributed by atoms with Gasteiger partial charge in [0.25, 0.3) is 0 Å². The molecule has 3 aliphatic rings. The summed E-state index contributed by atoms with van der Waals surface area (Å²) in [7, 11) is 0. The molecule has 3 nitrogen and oxygen atoms in total. The molecule has 3 heteroatoms. The van der Waals surface area contributed by atoms with Crippen molar-refractivity contribution in [3.05, 3.63) is 34.9 Å². The average molecular weight is 258 g/mol. The van der Waals surface area contributed by atoms with Gasteiger partial charge in [-0.3, -0.25) is 14.6 Å². The van der Waals surface area contributed by atoms with Gasteiger partial charge in [-0.1, -0.05) is 29.3 Å². The number of hydrogen-bond acceptors (Lipinski definition) is 3. The van der Waals surface area contributed by atoms with Gasteiger partial charge in [-0.25, -0.2) is 0 Å². The quantitative estimate of drug-likeness (QED) is 0.819. The molecule has 0 aliphatic carbocycles. The molecule has 3 saturated heterocycles. The molecule has 0 spiro atoms. The SMILES string of the molecule is Cc1cc(C)cc(CC(=O)C2CN3CCN2CC3)c1. The predicted molar refractivity (Wildman–Crippen MR) is 76.4 cm³/mol. The molecule has 4 rings (SSSR count). The van der Waals surface area contributed by atoms with E-state index in [1.54, 1.807) is 0 Å². The van der Waals surface area contributed by atoms with E-state index in [0.29, 0.717) is 12.2 Å². The van der Waals surface area contributed by atoms with Crippen LogP contribution >= 0.6 is 0 Å². The molecule has 0 amide bonds. The number of carbonyl (C=O) groups excluding carboxylic acids is 1. The smallest absolute Gasteiger partial charge is 0.155 e. The van der Waals surface area contributed by atoms with Crippen molar-refractivity contribution in [2.45, 2.75) is 26.3 Å². The Kier molecular flexibility index (Phi) is 3.42. The van der Waals surface area contributed by atoms with Crippen LogP contribution in [0.15, 0.2) is 18.2 Å². The third-order valence-corrected chi connectivity index (χ3v) is 4.31. The van der Waals surface area contributed by atoms with E-state index in [-0.39, 0.29) is 6.04 Å². The number of carbonyl (C=O) groups is 1. The molecule has 1 aromatic rings. The molecule has 3 fully saturated rings. The maximum Gasteiger partial charge on any atom is 0.155 e. The highest BCUT2D eigenvalue weighted by atomic mass is 16.1. The highest BCUT2D eigenvalue weighted by molar-refractivity contribution is 5.86. The third-order valence-electron chi connectivity index (χ3n) is 4.31. The molecular formula is C16H22N2O. The van der Waals surface area contributed by atoms with Gasteiger partial charge in [-0.15, -0.1) is 0 Å². The van der Waals surface area contributed by atoms with Gasteiger partial charge in [0.2, 0.25) is 0 Å². The summed E-state index contributed by atoms with van der Waals surface area (Å²) < 4.78 is 0. The number of nitrogens with zero attached hydrogens (tertiary/aromatic N) is 2. The lowest BCUT2D eigenvalue weighted by atomic mass is 9.96. The molecule has 0 N–H and O–H groups in total. The van der Waals surface area contributed by atoms with Gasteiger partial charge in [0.15, 0.2) is 5.78 Å². The van der Waals surface area contributed by atoms with Gasteiger partial charge in [-0.05, 0) is 19.4 Å². The Morgan fingerprint density at radius 1 is 1.11 bits per heavy atom. The first-order valence-corrected chi connectivity index (χ1v) is 7.18. The second-order valence-electron chi connectivity index (χ2n) is 5.99. The van der Waals surface area contributed by atoms with E-state index in [9.17, 15) is 4.79 Å². The molecule has 3 heterocycles. The number of fused-ring (bicyclic) bond motifs is 3. The molecule has 102 valence electrons. The van der Waals surface area contributed by atoms with Crippen LogP contribution in [0.2, 0.25) is 0 Å². The normalized spacial score (nSPS) is 29.5. The van der Waals surface area contributed by atoms with E-state index < -0.39 is 0 Å². The predicted octanol–water partition coefficient (Wildman–Crippen LogP) is 1.41. The minimum Gasteiger partial charge on any atom is -0.299 e. The topological polar surface area (TPSA) is 23.6 Å². The van der Waals surface area contributed by atoms with Crippen molar-refractivity contribution >= 4 is 5.78 Å². The first-order chi connectivity index (χ1) is 9.11. The Balaban J connectivity index is 1.71. The van der Waals surface area contributed by atoms with E-state index in [1.165, 1.54) is 16.7 Å². The summed E-state index contributed by atoms with van der Waals surface area (Å²) in [6, 6.07) is 6.57. The van der Waals surface area contributed by atoms with Gasteiger partial charge in [0.05, 0.1) is 6.04 Å². The zero-order chi connectivity index (χ0) is 13.4. The zero-order valence-electron chi connectivity index (χ0n) is 11.9. The maximum absolute atomic E-state index is 12.5. The van der Waals surface area contributed by atoms with E-state index in [2.05, 4.69) is 41.8 Å². The summed E-state index contributed by atoms with van der Waals surface area (Å²) in [5.74, 6) is 0.384. The van der Waals surface area contributed by atoms with Crippen molar-refractivity contribution in [2.24, 2.45) is 0 Å². The second kappa shape index (κ2) is 5.06. The fourth-order valence-electron chi connectivity index (χ4n) is 3.41. The molecule has 1 atom stereocenters. The lowest BCUT2D eigenvalue weighted by Crippen LogP contribution is -2.63. The molecule has 2 bridgehead atoms. The number of Topliss-reactive ketones (excluding diaryl/α,β-unsaturated/α-hetero) is 1. The summed E-state index contributed by atoms with van der Waals surface area (Å²) >= 11 is 0. The molecule has 3 aliphatic heterocycles.